The topological polar surface area (TPSA) is 78.6 Å². The van der Waals surface area contributed by atoms with Crippen molar-refractivity contribution in [1.82, 2.24) is 15.2 Å². The van der Waals surface area contributed by atoms with E-state index in [1.165, 1.54) is 42.6 Å². The highest BCUT2D eigenvalue weighted by Gasteiger charge is 2.29. The molecule has 0 aliphatic rings. The number of aliphatic hydroxyl groups is 1. The SMILES string of the molecule is CCCCCCCC(O)(CCC)CCC(NC(=O)N(C)Cc1ccc(F)cc1)c1ncco1. The average molecular weight is 462 g/mol. The largest absolute Gasteiger partial charge is 0.447 e. The molecule has 0 spiro atoms. The van der Waals surface area contributed by atoms with Crippen LogP contribution in [0.1, 0.15) is 95.6 Å². The molecule has 33 heavy (non-hydrogen) atoms. The van der Waals surface area contributed by atoms with E-state index in [0.717, 1.165) is 37.7 Å². The summed E-state index contributed by atoms with van der Waals surface area (Å²) in [6.45, 7) is 4.63. The van der Waals surface area contributed by atoms with E-state index in [9.17, 15) is 14.3 Å². The molecule has 2 aromatic rings. The van der Waals surface area contributed by atoms with Gasteiger partial charge < -0.3 is 19.7 Å². The molecule has 0 aliphatic carbocycles. The molecule has 0 saturated heterocycles. The first-order valence-corrected chi connectivity index (χ1v) is 12.2. The van der Waals surface area contributed by atoms with E-state index in [1.807, 2.05) is 0 Å². The number of urea groups is 1. The number of benzene rings is 1. The molecular weight excluding hydrogens is 421 g/mol. The van der Waals surface area contributed by atoms with Crippen LogP contribution in [0.2, 0.25) is 0 Å². The van der Waals surface area contributed by atoms with Crippen LogP contribution >= 0.6 is 0 Å². The second-order valence-electron chi connectivity index (χ2n) is 9.03. The highest BCUT2D eigenvalue weighted by molar-refractivity contribution is 5.74. The van der Waals surface area contributed by atoms with E-state index in [1.54, 1.807) is 25.4 Å². The number of aromatic nitrogens is 1. The van der Waals surface area contributed by atoms with Gasteiger partial charge in [0.2, 0.25) is 5.89 Å². The summed E-state index contributed by atoms with van der Waals surface area (Å²) in [4.78, 5) is 18.6. The van der Waals surface area contributed by atoms with Gasteiger partial charge in [-0.05, 0) is 43.4 Å². The predicted molar refractivity (Wildman–Crippen MR) is 128 cm³/mol. The zero-order valence-corrected chi connectivity index (χ0v) is 20.4. The van der Waals surface area contributed by atoms with Crippen LogP contribution in [0.4, 0.5) is 9.18 Å². The third-order valence-corrected chi connectivity index (χ3v) is 6.09. The smallest absolute Gasteiger partial charge is 0.318 e. The minimum atomic E-state index is -0.753. The first-order valence-electron chi connectivity index (χ1n) is 12.2. The lowest BCUT2D eigenvalue weighted by molar-refractivity contribution is 0.00638. The van der Waals surface area contributed by atoms with Gasteiger partial charge in [0.25, 0.3) is 0 Å². The quantitative estimate of drug-likeness (QED) is 0.302. The molecule has 7 heteroatoms. The zero-order valence-electron chi connectivity index (χ0n) is 20.4. The second-order valence-corrected chi connectivity index (χ2v) is 9.03. The molecule has 2 rings (SSSR count). The number of nitrogens with one attached hydrogen (secondary N) is 1. The van der Waals surface area contributed by atoms with Crippen molar-refractivity contribution >= 4 is 6.03 Å². The molecule has 0 bridgehead atoms. The lowest BCUT2D eigenvalue weighted by Crippen LogP contribution is -2.40. The number of carbonyl (C=O) groups excluding carboxylic acids is 1. The van der Waals surface area contributed by atoms with Gasteiger partial charge in [-0.3, -0.25) is 0 Å². The molecule has 1 aromatic carbocycles. The average Bonchev–Trinajstić information content (AvgIpc) is 3.33. The maximum absolute atomic E-state index is 13.1. The molecule has 184 valence electrons. The lowest BCUT2D eigenvalue weighted by Gasteiger charge is -2.30. The van der Waals surface area contributed by atoms with Crippen LogP contribution in [0.25, 0.3) is 0 Å². The molecule has 1 heterocycles. The van der Waals surface area contributed by atoms with Crippen LogP contribution in [0.3, 0.4) is 0 Å². The molecular formula is C26H40FN3O3. The summed E-state index contributed by atoms with van der Waals surface area (Å²) in [5.41, 5.74) is 0.0819. The number of halogens is 1. The molecule has 2 N–H and O–H groups in total. The number of rotatable bonds is 15. The van der Waals surface area contributed by atoms with E-state index >= 15 is 0 Å². The van der Waals surface area contributed by atoms with Crippen molar-refractivity contribution in [1.29, 1.82) is 0 Å². The Kier molecular flexibility index (Phi) is 11.4. The Morgan fingerprint density at radius 2 is 1.85 bits per heavy atom. The summed E-state index contributed by atoms with van der Waals surface area (Å²) in [7, 11) is 1.69. The Morgan fingerprint density at radius 3 is 2.48 bits per heavy atom. The third-order valence-electron chi connectivity index (χ3n) is 6.09. The van der Waals surface area contributed by atoms with Gasteiger partial charge in [-0.25, -0.2) is 14.2 Å². The Hall–Kier alpha value is -2.41. The summed E-state index contributed by atoms with van der Waals surface area (Å²) in [6, 6.07) is 5.38. The van der Waals surface area contributed by atoms with E-state index < -0.39 is 11.6 Å². The first-order chi connectivity index (χ1) is 15.9. The Balaban J connectivity index is 1.97. The van der Waals surface area contributed by atoms with Gasteiger partial charge >= 0.3 is 6.03 Å². The van der Waals surface area contributed by atoms with Gasteiger partial charge in [-0.15, -0.1) is 0 Å². The van der Waals surface area contributed by atoms with E-state index in [2.05, 4.69) is 24.1 Å². The van der Waals surface area contributed by atoms with Gasteiger partial charge in [0, 0.05) is 13.6 Å². The van der Waals surface area contributed by atoms with Crippen molar-refractivity contribution in [2.45, 2.75) is 96.2 Å². The molecule has 2 amide bonds. The predicted octanol–water partition coefficient (Wildman–Crippen LogP) is 6.37. The molecule has 0 fully saturated rings. The minimum Gasteiger partial charge on any atom is -0.447 e. The number of hydrogen-bond donors (Lipinski definition) is 2. The summed E-state index contributed by atoms with van der Waals surface area (Å²) < 4.78 is 18.6. The van der Waals surface area contributed by atoms with Crippen molar-refractivity contribution < 1.29 is 18.7 Å². The van der Waals surface area contributed by atoms with Crippen molar-refractivity contribution in [3.63, 3.8) is 0 Å². The van der Waals surface area contributed by atoms with Gasteiger partial charge in [0.15, 0.2) is 0 Å². The number of nitrogens with zero attached hydrogens (tertiary/aromatic N) is 2. The lowest BCUT2D eigenvalue weighted by atomic mass is 9.85. The fourth-order valence-corrected chi connectivity index (χ4v) is 4.17. The standard InChI is InChI=1S/C26H40FN3O3/c1-4-6-7-8-9-16-26(32,15-5-2)17-14-23(24-28-18-19-33-24)29-25(31)30(3)20-21-10-12-22(27)13-11-21/h10-13,18-19,23,32H,4-9,14-17,20H2,1-3H3,(H,29,31). The Morgan fingerprint density at radius 1 is 1.12 bits per heavy atom. The van der Waals surface area contributed by atoms with Crippen LogP contribution in [0.15, 0.2) is 41.1 Å². The number of unbranched alkanes of at least 4 members (excludes halogenated alkanes) is 4. The maximum atomic E-state index is 13.1. The molecule has 1 aromatic heterocycles. The van der Waals surface area contributed by atoms with E-state index in [4.69, 9.17) is 4.42 Å². The Labute approximate surface area is 197 Å². The van der Waals surface area contributed by atoms with Crippen molar-refractivity contribution in [2.75, 3.05) is 7.05 Å². The zero-order chi connectivity index (χ0) is 24.1. The summed E-state index contributed by atoms with van der Waals surface area (Å²) in [5, 5.41) is 14.3. The van der Waals surface area contributed by atoms with E-state index in [0.29, 0.717) is 25.3 Å². The van der Waals surface area contributed by atoms with Crippen molar-refractivity contribution in [3.05, 3.63) is 54.0 Å². The second kappa shape index (κ2) is 14.0. The molecule has 2 unspecified atom stereocenters. The minimum absolute atomic E-state index is 0.277. The normalized spacial score (nSPS) is 14.0. The van der Waals surface area contributed by atoms with Crippen LogP contribution in [0.5, 0.6) is 0 Å². The fourth-order valence-electron chi connectivity index (χ4n) is 4.17. The van der Waals surface area contributed by atoms with Gasteiger partial charge in [-0.2, -0.15) is 0 Å². The highest BCUT2D eigenvalue weighted by atomic mass is 19.1. The summed E-state index contributed by atoms with van der Waals surface area (Å²) in [6.07, 6.45) is 12.3. The van der Waals surface area contributed by atoms with Gasteiger partial charge in [0.1, 0.15) is 18.1 Å². The molecule has 2 atom stereocenters. The third kappa shape index (κ3) is 9.54. The van der Waals surface area contributed by atoms with Crippen LogP contribution in [0, 0.1) is 5.82 Å². The molecule has 0 radical (unpaired) electrons. The number of carbonyl (C=O) groups is 1. The van der Waals surface area contributed by atoms with Crippen molar-refractivity contribution in [3.8, 4) is 0 Å². The van der Waals surface area contributed by atoms with Gasteiger partial charge in [0.05, 0.1) is 11.8 Å². The first kappa shape index (κ1) is 26.8. The monoisotopic (exact) mass is 461 g/mol. The Bertz CT molecular complexity index is 798. The molecule has 6 nitrogen and oxygen atoms in total. The molecule has 0 saturated carbocycles. The highest BCUT2D eigenvalue weighted by Crippen LogP contribution is 2.30. The van der Waals surface area contributed by atoms with Crippen LogP contribution < -0.4 is 5.32 Å². The number of amides is 2. The van der Waals surface area contributed by atoms with E-state index in [-0.39, 0.29) is 11.8 Å². The summed E-state index contributed by atoms with van der Waals surface area (Å²) in [5.74, 6) is 0.125. The summed E-state index contributed by atoms with van der Waals surface area (Å²) >= 11 is 0. The van der Waals surface area contributed by atoms with Gasteiger partial charge in [-0.1, -0.05) is 64.5 Å². The maximum Gasteiger partial charge on any atom is 0.318 e. The fraction of sp³-hybridized carbons (Fsp3) is 0.615. The van der Waals surface area contributed by atoms with Crippen LogP contribution in [-0.4, -0.2) is 33.7 Å². The van der Waals surface area contributed by atoms with Crippen LogP contribution in [-0.2, 0) is 6.54 Å². The van der Waals surface area contributed by atoms with Crippen molar-refractivity contribution in [2.24, 2.45) is 0 Å². The molecule has 0 aliphatic heterocycles. The number of oxazole rings is 1. The number of hydrogen-bond acceptors (Lipinski definition) is 4.